The predicted molar refractivity (Wildman–Crippen MR) is 123 cm³/mol. The average molecular weight is 493 g/mol. The molecule has 0 radical (unpaired) electrons. The highest BCUT2D eigenvalue weighted by atomic mass is 127. The van der Waals surface area contributed by atoms with E-state index in [1.807, 2.05) is 13.0 Å². The van der Waals surface area contributed by atoms with Gasteiger partial charge in [-0.3, -0.25) is 4.99 Å². The van der Waals surface area contributed by atoms with Crippen LogP contribution in [-0.2, 0) is 0 Å². The number of methoxy groups -OCH3 is 2. The smallest absolute Gasteiger partial charge is 0.191 e. The van der Waals surface area contributed by atoms with Gasteiger partial charge in [0.1, 0.15) is 0 Å². The summed E-state index contributed by atoms with van der Waals surface area (Å²) in [5, 5.41) is 17.1. The molecule has 0 aliphatic rings. The van der Waals surface area contributed by atoms with Gasteiger partial charge in [0.05, 0.1) is 26.9 Å². The summed E-state index contributed by atoms with van der Waals surface area (Å²) in [6.45, 7) is 9.68. The molecule has 0 amide bonds. The van der Waals surface area contributed by atoms with Crippen molar-refractivity contribution >= 4 is 29.9 Å². The third kappa shape index (κ3) is 9.51. The molecule has 0 heterocycles. The van der Waals surface area contributed by atoms with Crippen molar-refractivity contribution in [3.63, 3.8) is 0 Å². The lowest BCUT2D eigenvalue weighted by Gasteiger charge is -2.19. The third-order valence-electron chi connectivity index (χ3n) is 4.12. The zero-order valence-electron chi connectivity index (χ0n) is 17.4. The number of hydrogen-bond donors (Lipinski definition) is 3. The van der Waals surface area contributed by atoms with E-state index in [2.05, 4.69) is 36.4 Å². The minimum absolute atomic E-state index is 0. The molecule has 1 aromatic rings. The zero-order valence-corrected chi connectivity index (χ0v) is 19.7. The highest BCUT2D eigenvalue weighted by Gasteiger charge is 2.12. The van der Waals surface area contributed by atoms with Gasteiger partial charge in [-0.2, -0.15) is 0 Å². The number of rotatable bonds is 10. The Morgan fingerprint density at radius 3 is 2.33 bits per heavy atom. The average Bonchev–Trinajstić information content (AvgIpc) is 2.63. The summed E-state index contributed by atoms with van der Waals surface area (Å²) in [4.78, 5) is 4.53. The number of benzene rings is 1. The van der Waals surface area contributed by atoms with Crippen molar-refractivity contribution < 1.29 is 14.6 Å². The van der Waals surface area contributed by atoms with Gasteiger partial charge in [-0.15, -0.1) is 24.0 Å². The lowest BCUT2D eigenvalue weighted by atomic mass is 10.0. The van der Waals surface area contributed by atoms with Gasteiger partial charge in [-0.1, -0.05) is 19.9 Å². The molecule has 0 saturated carbocycles. The predicted octanol–water partition coefficient (Wildman–Crippen LogP) is 3.74. The van der Waals surface area contributed by atoms with Crippen molar-refractivity contribution in [2.45, 2.75) is 52.7 Å². The second kappa shape index (κ2) is 13.9. The van der Waals surface area contributed by atoms with Crippen LogP contribution in [0.4, 0.5) is 0 Å². The van der Waals surface area contributed by atoms with E-state index in [1.54, 1.807) is 26.4 Å². The van der Waals surface area contributed by atoms with Crippen molar-refractivity contribution in [3.8, 4) is 11.5 Å². The Kier molecular flexibility index (Phi) is 13.2. The summed E-state index contributed by atoms with van der Waals surface area (Å²) < 4.78 is 10.5. The molecule has 27 heavy (non-hydrogen) atoms. The number of aliphatic hydroxyl groups is 1. The molecule has 7 heteroatoms. The Labute approximate surface area is 181 Å². The molecule has 3 N–H and O–H groups in total. The van der Waals surface area contributed by atoms with Crippen molar-refractivity contribution in [3.05, 3.63) is 23.8 Å². The topological polar surface area (TPSA) is 75.1 Å². The summed E-state index contributed by atoms with van der Waals surface area (Å²) in [6.07, 6.45) is 1.54. The first-order valence-corrected chi connectivity index (χ1v) is 9.36. The van der Waals surface area contributed by atoms with Crippen molar-refractivity contribution in [2.24, 2.45) is 10.9 Å². The van der Waals surface area contributed by atoms with Crippen molar-refractivity contribution in [1.82, 2.24) is 10.6 Å². The molecule has 2 atom stereocenters. The Balaban J connectivity index is 0.00000676. The van der Waals surface area contributed by atoms with Crippen molar-refractivity contribution in [2.75, 3.05) is 27.3 Å². The Bertz CT molecular complexity index is 567. The third-order valence-corrected chi connectivity index (χ3v) is 4.12. The van der Waals surface area contributed by atoms with E-state index in [-0.39, 0.29) is 30.5 Å². The van der Waals surface area contributed by atoms with Crippen LogP contribution in [0, 0.1) is 5.92 Å². The molecule has 0 saturated heterocycles. The molecule has 1 aromatic carbocycles. The number of hydrogen-bond acceptors (Lipinski definition) is 4. The van der Waals surface area contributed by atoms with Crippen LogP contribution >= 0.6 is 24.0 Å². The first-order chi connectivity index (χ1) is 12.4. The van der Waals surface area contributed by atoms with Gasteiger partial charge in [0.25, 0.3) is 0 Å². The van der Waals surface area contributed by atoms with E-state index < -0.39 is 6.10 Å². The van der Waals surface area contributed by atoms with Crippen molar-refractivity contribution in [1.29, 1.82) is 0 Å². The Morgan fingerprint density at radius 2 is 1.78 bits per heavy atom. The quantitative estimate of drug-likeness (QED) is 0.263. The van der Waals surface area contributed by atoms with Gasteiger partial charge >= 0.3 is 0 Å². The van der Waals surface area contributed by atoms with E-state index in [9.17, 15) is 5.11 Å². The molecular formula is C20H36IN3O3. The van der Waals surface area contributed by atoms with Gasteiger partial charge in [-0.25, -0.2) is 0 Å². The van der Waals surface area contributed by atoms with E-state index in [4.69, 9.17) is 9.47 Å². The molecule has 0 bridgehead atoms. The fraction of sp³-hybridized carbons (Fsp3) is 0.650. The fourth-order valence-electron chi connectivity index (χ4n) is 2.55. The molecule has 0 fully saturated rings. The minimum atomic E-state index is -0.712. The maximum atomic E-state index is 10.5. The monoisotopic (exact) mass is 493 g/mol. The molecule has 156 valence electrons. The summed E-state index contributed by atoms with van der Waals surface area (Å²) in [7, 11) is 3.17. The molecule has 1 rings (SSSR count). The minimum Gasteiger partial charge on any atom is -0.493 e. The van der Waals surface area contributed by atoms with Crippen LogP contribution in [0.5, 0.6) is 11.5 Å². The summed E-state index contributed by atoms with van der Waals surface area (Å²) in [5.74, 6) is 2.65. The summed E-state index contributed by atoms with van der Waals surface area (Å²) >= 11 is 0. The normalized spacial score (nSPS) is 13.6. The van der Waals surface area contributed by atoms with Gasteiger partial charge in [0, 0.05) is 12.6 Å². The molecular weight excluding hydrogens is 457 g/mol. The molecule has 6 nitrogen and oxygen atoms in total. The maximum absolute atomic E-state index is 10.5. The number of guanidine groups is 1. The summed E-state index contributed by atoms with van der Waals surface area (Å²) in [6, 6.07) is 5.73. The molecule has 0 aliphatic carbocycles. The first-order valence-electron chi connectivity index (χ1n) is 9.36. The zero-order chi connectivity index (χ0) is 19.5. The van der Waals surface area contributed by atoms with E-state index in [1.165, 1.54) is 6.42 Å². The van der Waals surface area contributed by atoms with Crippen LogP contribution in [0.3, 0.4) is 0 Å². The van der Waals surface area contributed by atoms with Crippen LogP contribution < -0.4 is 20.1 Å². The maximum Gasteiger partial charge on any atom is 0.191 e. The number of nitrogens with zero attached hydrogens (tertiary/aromatic N) is 1. The highest BCUT2D eigenvalue weighted by molar-refractivity contribution is 14.0. The number of nitrogens with one attached hydrogen (secondary N) is 2. The summed E-state index contributed by atoms with van der Waals surface area (Å²) in [5.41, 5.74) is 0.745. The Hall–Kier alpha value is -1.22. The molecule has 0 spiro atoms. The van der Waals surface area contributed by atoms with Crippen LogP contribution in [0.2, 0.25) is 0 Å². The lowest BCUT2D eigenvalue weighted by Crippen LogP contribution is -2.42. The molecule has 0 aliphatic heterocycles. The first kappa shape index (κ1) is 25.8. The number of halogens is 1. The standard InChI is InChI=1S/C20H35N3O3.HI/c1-7-21-20(23-15(4)9-8-14(2)3)22-13-17(24)16-10-11-18(25-5)19(12-16)26-6;/h10-12,14-15,17,24H,7-9,13H2,1-6H3,(H2,21,22,23);1H. The number of aliphatic imine (C=N–C) groups is 1. The van der Waals surface area contributed by atoms with Crippen LogP contribution in [0.1, 0.15) is 52.2 Å². The van der Waals surface area contributed by atoms with Gasteiger partial charge < -0.3 is 25.2 Å². The van der Waals surface area contributed by atoms with Gasteiger partial charge in [0.15, 0.2) is 17.5 Å². The SMILES string of the molecule is CCNC(=NCC(O)c1ccc(OC)c(OC)c1)NC(C)CCC(C)C.I. The van der Waals surface area contributed by atoms with Crippen LogP contribution in [0.25, 0.3) is 0 Å². The van der Waals surface area contributed by atoms with E-state index >= 15 is 0 Å². The van der Waals surface area contributed by atoms with Crippen LogP contribution in [0.15, 0.2) is 23.2 Å². The number of ether oxygens (including phenoxy) is 2. The Morgan fingerprint density at radius 1 is 1.11 bits per heavy atom. The fourth-order valence-corrected chi connectivity index (χ4v) is 2.55. The highest BCUT2D eigenvalue weighted by Crippen LogP contribution is 2.30. The molecule has 2 unspecified atom stereocenters. The number of aliphatic hydroxyl groups excluding tert-OH is 1. The van der Waals surface area contributed by atoms with Gasteiger partial charge in [-0.05, 0) is 50.3 Å². The van der Waals surface area contributed by atoms with E-state index in [0.717, 1.165) is 24.5 Å². The van der Waals surface area contributed by atoms with Gasteiger partial charge in [0.2, 0.25) is 0 Å². The largest absolute Gasteiger partial charge is 0.493 e. The second-order valence-electron chi connectivity index (χ2n) is 6.87. The van der Waals surface area contributed by atoms with Crippen LogP contribution in [-0.4, -0.2) is 44.4 Å². The molecule has 0 aromatic heterocycles. The van der Waals surface area contributed by atoms with E-state index in [0.29, 0.717) is 23.5 Å². The lowest BCUT2D eigenvalue weighted by molar-refractivity contribution is 0.186. The second-order valence-corrected chi connectivity index (χ2v) is 6.87.